The average molecular weight is 208 g/mol. The zero-order valence-corrected chi connectivity index (χ0v) is 8.07. The first-order valence-corrected chi connectivity index (χ1v) is 4.93. The molecule has 14 heavy (non-hydrogen) atoms. The highest BCUT2D eigenvalue weighted by Crippen LogP contribution is 2.15. The zero-order valence-electron chi connectivity index (χ0n) is 7.25. The van der Waals surface area contributed by atoms with E-state index >= 15 is 0 Å². The van der Waals surface area contributed by atoms with Crippen LogP contribution in [0.4, 0.5) is 0 Å². The highest BCUT2D eigenvalue weighted by Gasteiger charge is 2.06. The molecule has 0 aliphatic rings. The Morgan fingerprint density at radius 1 is 1.50 bits per heavy atom. The fraction of sp³-hybridized carbons (Fsp3) is 0.111. The Labute approximate surface area is 84.5 Å². The summed E-state index contributed by atoms with van der Waals surface area (Å²) in [5, 5.41) is 11.1. The van der Waals surface area contributed by atoms with Gasteiger partial charge in [0.05, 0.1) is 12.1 Å². The van der Waals surface area contributed by atoms with E-state index < -0.39 is 5.97 Å². The Morgan fingerprint density at radius 3 is 2.86 bits per heavy atom. The van der Waals surface area contributed by atoms with Crippen molar-refractivity contribution in [1.82, 2.24) is 9.55 Å². The zero-order chi connectivity index (χ0) is 9.97. The quantitative estimate of drug-likeness (QED) is 0.832. The molecule has 2 heterocycles. The minimum Gasteiger partial charge on any atom is -0.481 e. The van der Waals surface area contributed by atoms with Crippen LogP contribution in [-0.2, 0) is 11.2 Å². The van der Waals surface area contributed by atoms with Crippen molar-refractivity contribution in [2.45, 2.75) is 6.42 Å². The van der Waals surface area contributed by atoms with E-state index in [4.69, 9.17) is 5.11 Å². The van der Waals surface area contributed by atoms with Gasteiger partial charge in [-0.1, -0.05) is 0 Å². The second-order valence-electron chi connectivity index (χ2n) is 2.78. The Bertz CT molecular complexity index is 433. The molecule has 0 aliphatic heterocycles. The lowest BCUT2D eigenvalue weighted by Gasteiger charge is -1.93. The molecule has 0 bridgehead atoms. The molecule has 0 aromatic carbocycles. The average Bonchev–Trinajstić information content (AvgIpc) is 2.69. The standard InChI is InChI=1S/C9H8N2O2S/c12-8(13)5-7-6-14-9(10-7)11-3-1-2-4-11/h1-4,6H,5H2,(H,12,13). The molecule has 0 saturated heterocycles. The summed E-state index contributed by atoms with van der Waals surface area (Å²) < 4.78 is 1.86. The number of rotatable bonds is 3. The lowest BCUT2D eigenvalue weighted by molar-refractivity contribution is -0.136. The third-order valence-corrected chi connectivity index (χ3v) is 2.60. The topological polar surface area (TPSA) is 55.1 Å². The first kappa shape index (κ1) is 8.96. The van der Waals surface area contributed by atoms with Gasteiger partial charge in [0.1, 0.15) is 0 Å². The molecule has 0 amide bonds. The van der Waals surface area contributed by atoms with E-state index in [-0.39, 0.29) is 6.42 Å². The summed E-state index contributed by atoms with van der Waals surface area (Å²) in [4.78, 5) is 14.6. The molecule has 5 heteroatoms. The summed E-state index contributed by atoms with van der Waals surface area (Å²) in [6.45, 7) is 0. The molecule has 72 valence electrons. The van der Waals surface area contributed by atoms with Crippen LogP contribution in [0.15, 0.2) is 29.9 Å². The number of aromatic nitrogens is 2. The Kier molecular flexibility index (Phi) is 2.32. The van der Waals surface area contributed by atoms with Crippen molar-refractivity contribution in [1.29, 1.82) is 0 Å². The lowest BCUT2D eigenvalue weighted by atomic mass is 10.3. The van der Waals surface area contributed by atoms with Gasteiger partial charge in [-0.05, 0) is 12.1 Å². The number of carboxylic acids is 1. The number of carbonyl (C=O) groups is 1. The van der Waals surface area contributed by atoms with E-state index in [1.54, 1.807) is 5.38 Å². The molecule has 4 nitrogen and oxygen atoms in total. The third kappa shape index (κ3) is 1.82. The minimum atomic E-state index is -0.852. The maximum absolute atomic E-state index is 10.4. The Balaban J connectivity index is 2.22. The van der Waals surface area contributed by atoms with Crippen molar-refractivity contribution in [3.05, 3.63) is 35.6 Å². The first-order chi connectivity index (χ1) is 6.75. The van der Waals surface area contributed by atoms with Gasteiger partial charge in [0.25, 0.3) is 0 Å². The molecule has 2 rings (SSSR count). The number of hydrogen-bond acceptors (Lipinski definition) is 3. The predicted octanol–water partition coefficient (Wildman–Crippen LogP) is 1.56. The molecule has 0 atom stereocenters. The van der Waals surface area contributed by atoms with Gasteiger partial charge >= 0.3 is 5.97 Å². The van der Waals surface area contributed by atoms with Crippen molar-refractivity contribution >= 4 is 17.3 Å². The van der Waals surface area contributed by atoms with Gasteiger partial charge in [-0.3, -0.25) is 4.79 Å². The molecule has 2 aromatic heterocycles. The molecule has 0 saturated carbocycles. The van der Waals surface area contributed by atoms with Crippen LogP contribution < -0.4 is 0 Å². The molecule has 0 unspecified atom stereocenters. The SMILES string of the molecule is O=C(O)Cc1csc(-n2cccc2)n1. The summed E-state index contributed by atoms with van der Waals surface area (Å²) in [6.07, 6.45) is 3.74. The minimum absolute atomic E-state index is 0.0161. The number of carboxylic acid groups (broad SMARTS) is 1. The van der Waals surface area contributed by atoms with Crippen molar-refractivity contribution < 1.29 is 9.90 Å². The van der Waals surface area contributed by atoms with Crippen LogP contribution in [0, 0.1) is 0 Å². The second kappa shape index (κ2) is 3.63. The van der Waals surface area contributed by atoms with Crippen LogP contribution in [0.1, 0.15) is 5.69 Å². The van der Waals surface area contributed by atoms with E-state index in [1.807, 2.05) is 29.1 Å². The van der Waals surface area contributed by atoms with Crippen LogP contribution >= 0.6 is 11.3 Å². The van der Waals surface area contributed by atoms with Gasteiger partial charge in [-0.15, -0.1) is 11.3 Å². The maximum atomic E-state index is 10.4. The number of nitrogens with zero attached hydrogens (tertiary/aromatic N) is 2. The van der Waals surface area contributed by atoms with Crippen molar-refractivity contribution in [3.63, 3.8) is 0 Å². The summed E-state index contributed by atoms with van der Waals surface area (Å²) in [5.41, 5.74) is 0.603. The van der Waals surface area contributed by atoms with Gasteiger partial charge in [-0.25, -0.2) is 4.98 Å². The Hall–Kier alpha value is -1.62. The number of hydrogen-bond donors (Lipinski definition) is 1. The van der Waals surface area contributed by atoms with E-state index in [0.29, 0.717) is 5.69 Å². The summed E-state index contributed by atoms with van der Waals surface area (Å²) >= 11 is 1.44. The molecule has 1 N–H and O–H groups in total. The maximum Gasteiger partial charge on any atom is 0.309 e. The highest BCUT2D eigenvalue weighted by atomic mass is 32.1. The van der Waals surface area contributed by atoms with Gasteiger partial charge in [0.15, 0.2) is 5.13 Å². The molecule has 2 aromatic rings. The Morgan fingerprint density at radius 2 is 2.21 bits per heavy atom. The summed E-state index contributed by atoms with van der Waals surface area (Å²) in [6, 6.07) is 3.80. The second-order valence-corrected chi connectivity index (χ2v) is 3.62. The fourth-order valence-corrected chi connectivity index (χ4v) is 1.90. The normalized spacial score (nSPS) is 10.3. The van der Waals surface area contributed by atoms with Crippen LogP contribution in [-0.4, -0.2) is 20.6 Å². The van der Waals surface area contributed by atoms with Crippen molar-refractivity contribution in [2.24, 2.45) is 0 Å². The fourth-order valence-electron chi connectivity index (χ4n) is 1.11. The molecule has 0 fully saturated rings. The molecule has 0 spiro atoms. The van der Waals surface area contributed by atoms with Crippen LogP contribution in [0.2, 0.25) is 0 Å². The van der Waals surface area contributed by atoms with Crippen LogP contribution in [0.25, 0.3) is 5.13 Å². The molecule has 0 aliphatic carbocycles. The molecular formula is C9H8N2O2S. The molecular weight excluding hydrogens is 200 g/mol. The van der Waals surface area contributed by atoms with Gasteiger partial charge in [-0.2, -0.15) is 0 Å². The number of thiazole rings is 1. The van der Waals surface area contributed by atoms with E-state index in [2.05, 4.69) is 4.98 Å². The van der Waals surface area contributed by atoms with E-state index in [1.165, 1.54) is 11.3 Å². The van der Waals surface area contributed by atoms with Crippen LogP contribution in [0.5, 0.6) is 0 Å². The largest absolute Gasteiger partial charge is 0.481 e. The van der Waals surface area contributed by atoms with Gasteiger partial charge < -0.3 is 9.67 Å². The van der Waals surface area contributed by atoms with Crippen molar-refractivity contribution in [2.75, 3.05) is 0 Å². The summed E-state index contributed by atoms with van der Waals surface area (Å²) in [5.74, 6) is -0.852. The smallest absolute Gasteiger partial charge is 0.309 e. The van der Waals surface area contributed by atoms with Gasteiger partial charge in [0, 0.05) is 17.8 Å². The highest BCUT2D eigenvalue weighted by molar-refractivity contribution is 7.12. The number of aliphatic carboxylic acids is 1. The lowest BCUT2D eigenvalue weighted by Crippen LogP contribution is -2.00. The summed E-state index contributed by atoms with van der Waals surface area (Å²) in [7, 11) is 0. The van der Waals surface area contributed by atoms with Crippen molar-refractivity contribution in [3.8, 4) is 5.13 Å². The van der Waals surface area contributed by atoms with E-state index in [0.717, 1.165) is 5.13 Å². The predicted molar refractivity (Wildman–Crippen MR) is 52.8 cm³/mol. The van der Waals surface area contributed by atoms with Crippen LogP contribution in [0.3, 0.4) is 0 Å². The monoisotopic (exact) mass is 208 g/mol. The third-order valence-electron chi connectivity index (χ3n) is 1.70. The van der Waals surface area contributed by atoms with Gasteiger partial charge in [0.2, 0.25) is 0 Å². The van der Waals surface area contributed by atoms with E-state index in [9.17, 15) is 4.79 Å². The molecule has 0 radical (unpaired) electrons. The first-order valence-electron chi connectivity index (χ1n) is 4.05.